The average Bonchev–Trinajstić information content (AvgIpc) is 2.55. The molecule has 0 aliphatic carbocycles. The molecule has 4 nitrogen and oxygen atoms in total. The van der Waals surface area contributed by atoms with Gasteiger partial charge in [-0.2, -0.15) is 0 Å². The summed E-state index contributed by atoms with van der Waals surface area (Å²) in [5.41, 5.74) is 4.23. The van der Waals surface area contributed by atoms with Gasteiger partial charge in [0.25, 0.3) is 0 Å². The third kappa shape index (κ3) is 5.39. The number of hydrogen-bond donors (Lipinski definition) is 3. The van der Waals surface area contributed by atoms with Crippen molar-refractivity contribution in [2.24, 2.45) is 0 Å². The molecule has 0 saturated carbocycles. The first-order valence-electron chi connectivity index (χ1n) is 8.31. The van der Waals surface area contributed by atoms with Crippen LogP contribution in [0.4, 0.5) is 10.5 Å². The molecule has 0 radical (unpaired) electrons. The number of nitrogens with one attached hydrogen (secondary N) is 2. The van der Waals surface area contributed by atoms with Gasteiger partial charge in [0, 0.05) is 18.2 Å². The van der Waals surface area contributed by atoms with E-state index in [1.54, 1.807) is 6.92 Å². The number of aliphatic hydroxyl groups is 1. The summed E-state index contributed by atoms with van der Waals surface area (Å²) in [6.07, 6.45) is 0.188. The fourth-order valence-corrected chi connectivity index (χ4v) is 2.68. The van der Waals surface area contributed by atoms with Gasteiger partial charge in [-0.3, -0.25) is 0 Å². The summed E-state index contributed by atoms with van der Waals surface area (Å²) in [5, 5.41) is 15.5. The molecule has 0 heterocycles. The standard InChI is InChI=1S/C20H26N2O2/c1-14-9-10-19(11-15(14)2)22-20(24)21-13-18(12-16(3)23)17-7-5-4-6-8-17/h4-11,16,18,23H,12-13H2,1-3H3,(H2,21,22,24). The molecule has 2 aromatic rings. The normalized spacial score (nSPS) is 13.2. The summed E-state index contributed by atoms with van der Waals surface area (Å²) >= 11 is 0. The molecule has 0 aromatic heterocycles. The van der Waals surface area contributed by atoms with Gasteiger partial charge in [-0.1, -0.05) is 36.4 Å². The summed E-state index contributed by atoms with van der Waals surface area (Å²) in [5.74, 6) is 0.0803. The molecule has 4 heteroatoms. The summed E-state index contributed by atoms with van der Waals surface area (Å²) in [6.45, 7) is 6.31. The van der Waals surface area contributed by atoms with E-state index in [1.807, 2.05) is 62.4 Å². The Balaban J connectivity index is 1.95. The molecule has 2 rings (SSSR count). The highest BCUT2D eigenvalue weighted by Gasteiger charge is 2.15. The lowest BCUT2D eigenvalue weighted by atomic mass is 9.93. The maximum Gasteiger partial charge on any atom is 0.319 e. The Hall–Kier alpha value is -2.33. The molecular weight excluding hydrogens is 300 g/mol. The van der Waals surface area contributed by atoms with Crippen LogP contribution < -0.4 is 10.6 Å². The first kappa shape index (κ1) is 18.0. The number of amides is 2. The van der Waals surface area contributed by atoms with Crippen LogP contribution in [0.25, 0.3) is 0 Å². The minimum atomic E-state index is -0.417. The second-order valence-corrected chi connectivity index (χ2v) is 6.33. The molecule has 128 valence electrons. The number of carbonyl (C=O) groups excluding carboxylic acids is 1. The number of aliphatic hydroxyl groups excluding tert-OH is 1. The first-order chi connectivity index (χ1) is 11.5. The molecule has 2 atom stereocenters. The minimum Gasteiger partial charge on any atom is -0.393 e. The number of anilines is 1. The van der Waals surface area contributed by atoms with Crippen molar-refractivity contribution in [3.63, 3.8) is 0 Å². The molecule has 2 amide bonds. The van der Waals surface area contributed by atoms with Gasteiger partial charge in [0.2, 0.25) is 0 Å². The predicted molar refractivity (Wildman–Crippen MR) is 98.4 cm³/mol. The monoisotopic (exact) mass is 326 g/mol. The van der Waals surface area contributed by atoms with Gasteiger partial charge in [-0.15, -0.1) is 0 Å². The van der Waals surface area contributed by atoms with E-state index in [4.69, 9.17) is 0 Å². The van der Waals surface area contributed by atoms with Gasteiger partial charge in [0.1, 0.15) is 0 Å². The van der Waals surface area contributed by atoms with Crippen molar-refractivity contribution < 1.29 is 9.90 Å². The van der Waals surface area contributed by atoms with E-state index in [-0.39, 0.29) is 11.9 Å². The number of rotatable bonds is 6. The van der Waals surface area contributed by atoms with Gasteiger partial charge in [-0.25, -0.2) is 4.79 Å². The van der Waals surface area contributed by atoms with E-state index in [2.05, 4.69) is 10.6 Å². The molecule has 0 bridgehead atoms. The van der Waals surface area contributed by atoms with Gasteiger partial charge in [-0.05, 0) is 56.0 Å². The zero-order chi connectivity index (χ0) is 17.5. The molecule has 0 aliphatic heterocycles. The SMILES string of the molecule is Cc1ccc(NC(=O)NCC(CC(C)O)c2ccccc2)cc1C. The maximum atomic E-state index is 12.1. The molecule has 0 aliphatic rings. The Morgan fingerprint density at radius 3 is 2.42 bits per heavy atom. The topological polar surface area (TPSA) is 61.4 Å². The summed E-state index contributed by atoms with van der Waals surface area (Å²) in [4.78, 5) is 12.1. The molecular formula is C20H26N2O2. The highest BCUT2D eigenvalue weighted by Crippen LogP contribution is 2.20. The smallest absolute Gasteiger partial charge is 0.319 e. The Morgan fingerprint density at radius 1 is 1.08 bits per heavy atom. The number of benzene rings is 2. The molecule has 0 saturated heterocycles. The van der Waals surface area contributed by atoms with Gasteiger partial charge in [0.05, 0.1) is 6.10 Å². The summed E-state index contributed by atoms with van der Waals surface area (Å²) in [6, 6.07) is 15.6. The summed E-state index contributed by atoms with van der Waals surface area (Å²) in [7, 11) is 0. The molecule has 24 heavy (non-hydrogen) atoms. The van der Waals surface area contributed by atoms with Gasteiger partial charge >= 0.3 is 6.03 Å². The van der Waals surface area contributed by atoms with Crippen molar-refractivity contribution in [2.75, 3.05) is 11.9 Å². The zero-order valence-electron chi connectivity index (χ0n) is 14.5. The quantitative estimate of drug-likeness (QED) is 0.752. The van der Waals surface area contributed by atoms with Crippen LogP contribution in [0, 0.1) is 13.8 Å². The van der Waals surface area contributed by atoms with Crippen LogP contribution in [-0.4, -0.2) is 23.8 Å². The van der Waals surface area contributed by atoms with Crippen LogP contribution in [0.5, 0.6) is 0 Å². The molecule has 0 fully saturated rings. The third-order valence-electron chi connectivity index (χ3n) is 4.17. The number of carbonyl (C=O) groups is 1. The van der Waals surface area contributed by atoms with Crippen LogP contribution in [0.3, 0.4) is 0 Å². The Morgan fingerprint density at radius 2 is 1.79 bits per heavy atom. The van der Waals surface area contributed by atoms with Crippen molar-refractivity contribution in [1.29, 1.82) is 0 Å². The van der Waals surface area contributed by atoms with E-state index in [9.17, 15) is 9.90 Å². The third-order valence-corrected chi connectivity index (χ3v) is 4.17. The van der Waals surface area contributed by atoms with E-state index in [1.165, 1.54) is 5.56 Å². The molecule has 0 spiro atoms. The van der Waals surface area contributed by atoms with Crippen LogP contribution in [0.15, 0.2) is 48.5 Å². The van der Waals surface area contributed by atoms with Crippen molar-refractivity contribution >= 4 is 11.7 Å². The van der Waals surface area contributed by atoms with E-state index < -0.39 is 6.10 Å². The second-order valence-electron chi connectivity index (χ2n) is 6.33. The van der Waals surface area contributed by atoms with Crippen LogP contribution >= 0.6 is 0 Å². The lowest BCUT2D eigenvalue weighted by Crippen LogP contribution is -2.33. The Labute approximate surface area is 143 Å². The van der Waals surface area contributed by atoms with E-state index in [0.29, 0.717) is 13.0 Å². The first-order valence-corrected chi connectivity index (χ1v) is 8.31. The maximum absolute atomic E-state index is 12.1. The molecule has 3 N–H and O–H groups in total. The van der Waals surface area contributed by atoms with E-state index >= 15 is 0 Å². The number of hydrogen-bond acceptors (Lipinski definition) is 2. The van der Waals surface area contributed by atoms with Crippen LogP contribution in [0.2, 0.25) is 0 Å². The van der Waals surface area contributed by atoms with Gasteiger partial charge < -0.3 is 15.7 Å². The van der Waals surface area contributed by atoms with Gasteiger partial charge in [0.15, 0.2) is 0 Å². The highest BCUT2D eigenvalue weighted by atomic mass is 16.3. The predicted octanol–water partition coefficient (Wildman–Crippen LogP) is 3.98. The Bertz CT molecular complexity index is 669. The zero-order valence-corrected chi connectivity index (χ0v) is 14.5. The molecule has 2 unspecified atom stereocenters. The Kier molecular flexibility index (Phi) is 6.38. The average molecular weight is 326 g/mol. The van der Waals surface area contributed by atoms with Crippen molar-refractivity contribution in [1.82, 2.24) is 5.32 Å². The van der Waals surface area contributed by atoms with Crippen molar-refractivity contribution in [2.45, 2.75) is 39.2 Å². The van der Waals surface area contributed by atoms with E-state index in [0.717, 1.165) is 16.8 Å². The minimum absolute atomic E-state index is 0.0803. The van der Waals surface area contributed by atoms with Crippen LogP contribution in [-0.2, 0) is 0 Å². The summed E-state index contributed by atoms with van der Waals surface area (Å²) < 4.78 is 0. The van der Waals surface area contributed by atoms with Crippen molar-refractivity contribution in [3.05, 3.63) is 65.2 Å². The largest absolute Gasteiger partial charge is 0.393 e. The highest BCUT2D eigenvalue weighted by molar-refractivity contribution is 5.89. The number of urea groups is 1. The van der Waals surface area contributed by atoms with Crippen LogP contribution in [0.1, 0.15) is 36.0 Å². The fraction of sp³-hybridized carbons (Fsp3) is 0.350. The number of aryl methyl sites for hydroxylation is 2. The second kappa shape index (κ2) is 8.50. The lowest BCUT2D eigenvalue weighted by Gasteiger charge is -2.20. The fourth-order valence-electron chi connectivity index (χ4n) is 2.68. The van der Waals surface area contributed by atoms with Crippen molar-refractivity contribution in [3.8, 4) is 0 Å². The lowest BCUT2D eigenvalue weighted by molar-refractivity contribution is 0.173. The molecule has 2 aromatic carbocycles.